The molecule has 0 radical (unpaired) electrons. The lowest BCUT2D eigenvalue weighted by Crippen LogP contribution is -2.30. The smallest absolute Gasteiger partial charge is 0.462 e. The fourth-order valence-corrected chi connectivity index (χ4v) is 13.1. The lowest BCUT2D eigenvalue weighted by atomic mass is 9.99. The Balaban J connectivity index is 5.23. The third-order valence-corrected chi connectivity index (χ3v) is 19.8. The Bertz CT molecular complexity index is 1810. The van der Waals surface area contributed by atoms with E-state index in [1.165, 1.54) is 218 Å². The standard InChI is InChI=1S/C75H146O17P2/c1-6-10-13-16-19-22-24-26-27-31-35-39-44-49-54-59-73(78)86-65-71(92-75(80)61-56-51-46-41-36-32-29-28-30-33-38-42-47-52-57-68(5)9-4)67-90-94(83,84)88-63-69(76)62-87-93(81,82)89-66-70(64-85-72(77)58-53-48-43-37-21-18-15-12-8-3)91-74(79)60-55-50-45-40-34-25-23-20-17-14-11-7-2/h68-71,76H,6-67H2,1-5H3,(H,81,82)(H,83,84)/t68?,69-,70+,71+/m0/s1. The molecule has 0 bridgehead atoms. The number of unbranched alkanes of at least 4 members (excludes halogenated alkanes) is 46. The predicted octanol–water partition coefficient (Wildman–Crippen LogP) is 22.1. The number of phosphoric ester groups is 2. The molecular formula is C75H146O17P2. The molecule has 0 aromatic rings. The maximum Gasteiger partial charge on any atom is 0.472 e. The summed E-state index contributed by atoms with van der Waals surface area (Å²) in [4.78, 5) is 72.7. The van der Waals surface area contributed by atoms with Gasteiger partial charge in [-0.05, 0) is 31.6 Å². The van der Waals surface area contributed by atoms with Crippen LogP contribution in [-0.4, -0.2) is 96.7 Å². The van der Waals surface area contributed by atoms with Crippen molar-refractivity contribution in [2.45, 2.75) is 412 Å². The highest BCUT2D eigenvalue weighted by Crippen LogP contribution is 2.45. The highest BCUT2D eigenvalue weighted by atomic mass is 31.2. The topological polar surface area (TPSA) is 237 Å². The number of carbonyl (C=O) groups excluding carboxylic acids is 4. The predicted molar refractivity (Wildman–Crippen MR) is 382 cm³/mol. The molecule has 0 fully saturated rings. The van der Waals surface area contributed by atoms with E-state index >= 15 is 0 Å². The average Bonchev–Trinajstić information content (AvgIpc) is 2.60. The van der Waals surface area contributed by atoms with Crippen LogP contribution in [0.4, 0.5) is 0 Å². The molecule has 0 aliphatic carbocycles. The molecule has 94 heavy (non-hydrogen) atoms. The molecule has 0 aliphatic heterocycles. The molecule has 0 saturated heterocycles. The van der Waals surface area contributed by atoms with Gasteiger partial charge < -0.3 is 33.8 Å². The van der Waals surface area contributed by atoms with Crippen molar-refractivity contribution in [2.75, 3.05) is 39.6 Å². The molecule has 558 valence electrons. The van der Waals surface area contributed by atoms with Gasteiger partial charge in [-0.1, -0.05) is 343 Å². The SMILES string of the molecule is CCCCCCCCCCCCCCCCCC(=O)OC[C@H](COP(=O)(O)OC[C@@H](O)COP(=O)(O)OC[C@@H](COC(=O)CCCCCCCCCCC)OC(=O)CCCCCCCCCCCCCC)OC(=O)CCCCCCCCCCCCCCCCC(C)CC. The molecule has 0 rings (SSSR count). The first-order valence-electron chi connectivity index (χ1n) is 39.2. The van der Waals surface area contributed by atoms with Crippen LogP contribution in [0.15, 0.2) is 0 Å². The number of hydrogen-bond acceptors (Lipinski definition) is 15. The quantitative estimate of drug-likeness (QED) is 0.0222. The van der Waals surface area contributed by atoms with Crippen molar-refractivity contribution in [3.05, 3.63) is 0 Å². The van der Waals surface area contributed by atoms with Crippen LogP contribution in [0.25, 0.3) is 0 Å². The van der Waals surface area contributed by atoms with Crippen LogP contribution in [0.3, 0.4) is 0 Å². The van der Waals surface area contributed by atoms with Crippen molar-refractivity contribution >= 4 is 39.5 Å². The summed E-state index contributed by atoms with van der Waals surface area (Å²) in [5, 5.41) is 10.6. The van der Waals surface area contributed by atoms with Crippen LogP contribution in [0.2, 0.25) is 0 Å². The van der Waals surface area contributed by atoms with Gasteiger partial charge in [0, 0.05) is 25.7 Å². The molecule has 3 unspecified atom stereocenters. The van der Waals surface area contributed by atoms with Gasteiger partial charge in [0.1, 0.15) is 19.3 Å². The van der Waals surface area contributed by atoms with E-state index in [2.05, 4.69) is 34.6 Å². The van der Waals surface area contributed by atoms with Crippen LogP contribution in [0, 0.1) is 5.92 Å². The molecular weight excluding hydrogens is 1230 g/mol. The maximum atomic E-state index is 13.1. The molecule has 0 aliphatic rings. The van der Waals surface area contributed by atoms with E-state index in [0.29, 0.717) is 25.7 Å². The molecule has 0 amide bonds. The summed E-state index contributed by atoms with van der Waals surface area (Å²) >= 11 is 0. The third kappa shape index (κ3) is 67.3. The zero-order valence-corrected chi connectivity index (χ0v) is 62.9. The Labute approximate surface area is 575 Å². The zero-order chi connectivity index (χ0) is 69.1. The summed E-state index contributed by atoms with van der Waals surface area (Å²) in [6, 6.07) is 0. The summed E-state index contributed by atoms with van der Waals surface area (Å²) in [7, 11) is -9.91. The lowest BCUT2D eigenvalue weighted by molar-refractivity contribution is -0.161. The van der Waals surface area contributed by atoms with Gasteiger partial charge in [0.05, 0.1) is 26.4 Å². The molecule has 0 saturated carbocycles. The first kappa shape index (κ1) is 92.1. The minimum atomic E-state index is -4.96. The molecule has 3 N–H and O–H groups in total. The number of esters is 4. The number of carbonyl (C=O) groups is 4. The maximum absolute atomic E-state index is 13.1. The van der Waals surface area contributed by atoms with Gasteiger partial charge in [0.2, 0.25) is 0 Å². The normalized spacial score (nSPS) is 14.3. The van der Waals surface area contributed by atoms with Crippen LogP contribution in [0.5, 0.6) is 0 Å². The molecule has 6 atom stereocenters. The number of aliphatic hydroxyl groups is 1. The first-order chi connectivity index (χ1) is 45.6. The van der Waals surface area contributed by atoms with E-state index in [-0.39, 0.29) is 25.7 Å². The second-order valence-corrected chi connectivity index (χ2v) is 30.2. The summed E-state index contributed by atoms with van der Waals surface area (Å²) in [6.07, 6.45) is 56.7. The van der Waals surface area contributed by atoms with Gasteiger partial charge in [0.15, 0.2) is 12.2 Å². The summed E-state index contributed by atoms with van der Waals surface area (Å²) in [5.74, 6) is -1.27. The zero-order valence-electron chi connectivity index (χ0n) is 61.1. The summed E-state index contributed by atoms with van der Waals surface area (Å²) in [6.45, 7) is 7.33. The fraction of sp³-hybridized carbons (Fsp3) is 0.947. The molecule has 0 aromatic heterocycles. The van der Waals surface area contributed by atoms with Crippen LogP contribution >= 0.6 is 15.6 Å². The molecule has 0 spiro atoms. The van der Waals surface area contributed by atoms with Gasteiger partial charge in [0.25, 0.3) is 0 Å². The van der Waals surface area contributed by atoms with Gasteiger partial charge in [-0.2, -0.15) is 0 Å². The van der Waals surface area contributed by atoms with Crippen molar-refractivity contribution in [3.8, 4) is 0 Å². The van der Waals surface area contributed by atoms with E-state index in [0.717, 1.165) is 95.8 Å². The minimum Gasteiger partial charge on any atom is -0.462 e. The van der Waals surface area contributed by atoms with Crippen molar-refractivity contribution < 1.29 is 80.2 Å². The summed E-state index contributed by atoms with van der Waals surface area (Å²) in [5.41, 5.74) is 0. The van der Waals surface area contributed by atoms with E-state index < -0.39 is 97.5 Å². The fourth-order valence-electron chi connectivity index (χ4n) is 11.5. The third-order valence-electron chi connectivity index (χ3n) is 17.9. The van der Waals surface area contributed by atoms with Crippen LogP contribution < -0.4 is 0 Å². The van der Waals surface area contributed by atoms with Gasteiger partial charge in [-0.25, -0.2) is 9.13 Å². The molecule has 0 heterocycles. The second kappa shape index (κ2) is 68.2. The van der Waals surface area contributed by atoms with Crippen molar-refractivity contribution in [1.29, 1.82) is 0 Å². The lowest BCUT2D eigenvalue weighted by Gasteiger charge is -2.21. The van der Waals surface area contributed by atoms with E-state index in [9.17, 15) is 43.2 Å². The van der Waals surface area contributed by atoms with E-state index in [1.807, 2.05) is 0 Å². The first-order valence-corrected chi connectivity index (χ1v) is 42.2. The number of rotatable bonds is 75. The van der Waals surface area contributed by atoms with Gasteiger partial charge in [-0.3, -0.25) is 37.3 Å². The number of phosphoric acid groups is 2. The number of hydrogen-bond donors (Lipinski definition) is 3. The molecule has 0 aromatic carbocycles. The Hall–Kier alpha value is -1.94. The van der Waals surface area contributed by atoms with E-state index in [1.54, 1.807) is 0 Å². The summed E-state index contributed by atoms with van der Waals surface area (Å²) < 4.78 is 68.5. The molecule has 19 heteroatoms. The monoisotopic (exact) mass is 1380 g/mol. The van der Waals surface area contributed by atoms with Crippen molar-refractivity contribution in [3.63, 3.8) is 0 Å². The Kier molecular flexibility index (Phi) is 66.8. The largest absolute Gasteiger partial charge is 0.472 e. The van der Waals surface area contributed by atoms with Crippen molar-refractivity contribution in [2.24, 2.45) is 5.92 Å². The van der Waals surface area contributed by atoms with Gasteiger partial charge >= 0.3 is 39.5 Å². The average molecular weight is 1380 g/mol. The second-order valence-electron chi connectivity index (χ2n) is 27.3. The highest BCUT2D eigenvalue weighted by molar-refractivity contribution is 7.47. The Morgan fingerprint density at radius 1 is 0.298 bits per heavy atom. The Morgan fingerprint density at radius 2 is 0.511 bits per heavy atom. The Morgan fingerprint density at radius 3 is 0.755 bits per heavy atom. The number of ether oxygens (including phenoxy) is 4. The van der Waals surface area contributed by atoms with Crippen LogP contribution in [-0.2, 0) is 65.4 Å². The minimum absolute atomic E-state index is 0.108. The van der Waals surface area contributed by atoms with E-state index in [4.69, 9.17) is 37.0 Å². The van der Waals surface area contributed by atoms with Crippen molar-refractivity contribution in [1.82, 2.24) is 0 Å². The molecule has 17 nitrogen and oxygen atoms in total. The van der Waals surface area contributed by atoms with Crippen LogP contribution in [0.1, 0.15) is 394 Å². The highest BCUT2D eigenvalue weighted by Gasteiger charge is 2.30. The van der Waals surface area contributed by atoms with Gasteiger partial charge in [-0.15, -0.1) is 0 Å². The number of aliphatic hydroxyl groups excluding tert-OH is 1.